The molecule has 0 fully saturated rings. The van der Waals surface area contributed by atoms with Crippen LogP contribution in [0, 0.1) is 11.7 Å². The van der Waals surface area contributed by atoms with Gasteiger partial charge in [0, 0.05) is 12.1 Å². The van der Waals surface area contributed by atoms with E-state index in [0.717, 1.165) is 6.07 Å². The van der Waals surface area contributed by atoms with Gasteiger partial charge in [0.2, 0.25) is 0 Å². The molecule has 17 heavy (non-hydrogen) atoms. The smallest absolute Gasteiger partial charge is 0.308 e. The standard InChI is InChI=1S/C11H11ClFNO3/c1-6(11(16)17)5-14-10(15)7-2-3-9(13)8(12)4-7/h2-4,6H,5H2,1H3,(H,14,15)(H,16,17). The number of amides is 1. The third-order valence-corrected chi connectivity index (χ3v) is 2.46. The number of benzene rings is 1. The lowest BCUT2D eigenvalue weighted by molar-refractivity contribution is -0.140. The van der Waals surface area contributed by atoms with Gasteiger partial charge in [0.05, 0.1) is 10.9 Å². The molecular weight excluding hydrogens is 249 g/mol. The van der Waals surface area contributed by atoms with Crippen molar-refractivity contribution in [2.75, 3.05) is 6.54 Å². The first-order valence-corrected chi connectivity index (χ1v) is 5.25. The second-order valence-corrected chi connectivity index (χ2v) is 3.99. The first-order chi connectivity index (χ1) is 7.91. The van der Waals surface area contributed by atoms with Gasteiger partial charge in [-0.05, 0) is 18.2 Å². The van der Waals surface area contributed by atoms with Crippen LogP contribution in [-0.4, -0.2) is 23.5 Å². The Kier molecular flexibility index (Phi) is 4.45. The third kappa shape index (κ3) is 3.71. The van der Waals surface area contributed by atoms with Crippen molar-refractivity contribution in [1.29, 1.82) is 0 Å². The Balaban J connectivity index is 2.64. The van der Waals surface area contributed by atoms with E-state index in [1.807, 2.05) is 0 Å². The van der Waals surface area contributed by atoms with Crippen LogP contribution < -0.4 is 5.32 Å². The van der Waals surface area contributed by atoms with Gasteiger partial charge < -0.3 is 10.4 Å². The molecule has 92 valence electrons. The summed E-state index contributed by atoms with van der Waals surface area (Å²) in [6.45, 7) is 1.48. The highest BCUT2D eigenvalue weighted by Crippen LogP contribution is 2.15. The summed E-state index contributed by atoms with van der Waals surface area (Å²) in [5.41, 5.74) is 0.189. The first-order valence-electron chi connectivity index (χ1n) is 4.88. The lowest BCUT2D eigenvalue weighted by Gasteiger charge is -2.08. The molecule has 0 saturated heterocycles. The second-order valence-electron chi connectivity index (χ2n) is 3.58. The maximum Gasteiger partial charge on any atom is 0.308 e. The molecule has 0 aromatic heterocycles. The van der Waals surface area contributed by atoms with Gasteiger partial charge in [-0.3, -0.25) is 9.59 Å². The average molecular weight is 260 g/mol. The van der Waals surface area contributed by atoms with Crippen molar-refractivity contribution in [3.63, 3.8) is 0 Å². The summed E-state index contributed by atoms with van der Waals surface area (Å²) in [6.07, 6.45) is 0. The lowest BCUT2D eigenvalue weighted by atomic mass is 10.1. The lowest BCUT2D eigenvalue weighted by Crippen LogP contribution is -2.31. The zero-order chi connectivity index (χ0) is 13.0. The number of aliphatic carboxylic acids is 1. The average Bonchev–Trinajstić information content (AvgIpc) is 2.28. The van der Waals surface area contributed by atoms with Gasteiger partial charge in [0.25, 0.3) is 5.91 Å². The van der Waals surface area contributed by atoms with E-state index >= 15 is 0 Å². The van der Waals surface area contributed by atoms with E-state index in [0.29, 0.717) is 0 Å². The Morgan fingerprint density at radius 3 is 2.71 bits per heavy atom. The van der Waals surface area contributed by atoms with Crippen LogP contribution in [0.25, 0.3) is 0 Å². The van der Waals surface area contributed by atoms with E-state index in [4.69, 9.17) is 16.7 Å². The molecule has 0 saturated carbocycles. The van der Waals surface area contributed by atoms with Crippen LogP contribution in [0.1, 0.15) is 17.3 Å². The predicted molar refractivity (Wildman–Crippen MR) is 60.5 cm³/mol. The fourth-order valence-electron chi connectivity index (χ4n) is 1.07. The van der Waals surface area contributed by atoms with Gasteiger partial charge in [0.1, 0.15) is 5.82 Å². The molecule has 4 nitrogen and oxygen atoms in total. The highest BCUT2D eigenvalue weighted by atomic mass is 35.5. The van der Waals surface area contributed by atoms with Crippen LogP contribution in [0.4, 0.5) is 4.39 Å². The van der Waals surface area contributed by atoms with Crippen molar-refractivity contribution in [1.82, 2.24) is 5.32 Å². The molecule has 0 bridgehead atoms. The number of carboxylic acids is 1. The summed E-state index contributed by atoms with van der Waals surface area (Å²) in [4.78, 5) is 22.1. The number of rotatable bonds is 4. The van der Waals surface area contributed by atoms with Crippen molar-refractivity contribution in [3.05, 3.63) is 34.6 Å². The Hall–Kier alpha value is -1.62. The molecule has 0 aliphatic carbocycles. The van der Waals surface area contributed by atoms with E-state index in [1.54, 1.807) is 0 Å². The van der Waals surface area contributed by atoms with Gasteiger partial charge in [-0.2, -0.15) is 0 Å². The maximum absolute atomic E-state index is 12.8. The number of carbonyl (C=O) groups is 2. The van der Waals surface area contributed by atoms with Crippen LogP contribution in [0.5, 0.6) is 0 Å². The minimum Gasteiger partial charge on any atom is -0.481 e. The van der Waals surface area contributed by atoms with Crippen LogP contribution in [0.15, 0.2) is 18.2 Å². The van der Waals surface area contributed by atoms with Gasteiger partial charge in [-0.1, -0.05) is 18.5 Å². The molecule has 1 rings (SSSR count). The maximum atomic E-state index is 12.8. The van der Waals surface area contributed by atoms with E-state index in [2.05, 4.69) is 5.32 Å². The molecule has 1 atom stereocenters. The van der Waals surface area contributed by atoms with Crippen LogP contribution in [0.2, 0.25) is 5.02 Å². The quantitative estimate of drug-likeness (QED) is 0.868. The van der Waals surface area contributed by atoms with Gasteiger partial charge in [-0.25, -0.2) is 4.39 Å². The van der Waals surface area contributed by atoms with Crippen molar-refractivity contribution in [2.24, 2.45) is 5.92 Å². The molecule has 6 heteroatoms. The number of halogens is 2. The van der Waals surface area contributed by atoms with Crippen LogP contribution >= 0.6 is 11.6 Å². The Bertz CT molecular complexity index is 450. The summed E-state index contributed by atoms with van der Waals surface area (Å²) in [6, 6.07) is 3.55. The monoisotopic (exact) mass is 259 g/mol. The van der Waals surface area contributed by atoms with Crippen LogP contribution in [0.3, 0.4) is 0 Å². The zero-order valence-electron chi connectivity index (χ0n) is 9.04. The molecule has 0 spiro atoms. The molecule has 1 amide bonds. The van der Waals surface area contributed by atoms with Crippen molar-refractivity contribution >= 4 is 23.5 Å². The number of nitrogens with one attached hydrogen (secondary N) is 1. The second kappa shape index (κ2) is 5.63. The van der Waals surface area contributed by atoms with E-state index in [-0.39, 0.29) is 17.1 Å². The Morgan fingerprint density at radius 1 is 1.53 bits per heavy atom. The summed E-state index contributed by atoms with van der Waals surface area (Å²) in [5.74, 6) is -2.78. The molecule has 1 aromatic rings. The normalized spacial score (nSPS) is 11.9. The Labute approximate surface area is 102 Å². The first kappa shape index (κ1) is 13.4. The minimum absolute atomic E-state index is 0.00314. The number of hydrogen-bond acceptors (Lipinski definition) is 2. The SMILES string of the molecule is CC(CNC(=O)c1ccc(F)c(Cl)c1)C(=O)O. The molecule has 0 aliphatic rings. The number of hydrogen-bond donors (Lipinski definition) is 2. The number of carbonyl (C=O) groups excluding carboxylic acids is 1. The Morgan fingerprint density at radius 2 is 2.18 bits per heavy atom. The predicted octanol–water partition coefficient (Wildman–Crippen LogP) is 1.93. The minimum atomic E-state index is -0.998. The molecule has 2 N–H and O–H groups in total. The highest BCUT2D eigenvalue weighted by Gasteiger charge is 2.13. The zero-order valence-corrected chi connectivity index (χ0v) is 9.79. The van der Waals surface area contributed by atoms with Crippen molar-refractivity contribution < 1.29 is 19.1 Å². The molecular formula is C11H11ClFNO3. The molecule has 0 aliphatic heterocycles. The summed E-state index contributed by atoms with van der Waals surface area (Å²) in [5, 5.41) is 10.9. The molecule has 0 radical (unpaired) electrons. The van der Waals surface area contributed by atoms with E-state index in [1.165, 1.54) is 19.1 Å². The summed E-state index contributed by atoms with van der Waals surface area (Å²) in [7, 11) is 0. The number of carboxylic acid groups (broad SMARTS) is 1. The van der Waals surface area contributed by atoms with Gasteiger partial charge in [-0.15, -0.1) is 0 Å². The highest BCUT2D eigenvalue weighted by molar-refractivity contribution is 6.31. The van der Waals surface area contributed by atoms with E-state index < -0.39 is 23.6 Å². The molecule has 1 unspecified atom stereocenters. The molecule has 0 heterocycles. The fourth-order valence-corrected chi connectivity index (χ4v) is 1.25. The molecule has 1 aromatic carbocycles. The summed E-state index contributed by atoms with van der Waals surface area (Å²) >= 11 is 5.52. The van der Waals surface area contributed by atoms with Crippen molar-refractivity contribution in [2.45, 2.75) is 6.92 Å². The van der Waals surface area contributed by atoms with Crippen molar-refractivity contribution in [3.8, 4) is 0 Å². The topological polar surface area (TPSA) is 66.4 Å². The largest absolute Gasteiger partial charge is 0.481 e. The summed E-state index contributed by atoms with van der Waals surface area (Å²) < 4.78 is 12.8. The third-order valence-electron chi connectivity index (χ3n) is 2.17. The van der Waals surface area contributed by atoms with Gasteiger partial charge >= 0.3 is 5.97 Å². The van der Waals surface area contributed by atoms with Gasteiger partial charge in [0.15, 0.2) is 0 Å². The van der Waals surface area contributed by atoms with E-state index in [9.17, 15) is 14.0 Å². The fraction of sp³-hybridized carbons (Fsp3) is 0.273. The van der Waals surface area contributed by atoms with Crippen LogP contribution in [-0.2, 0) is 4.79 Å².